The normalized spacial score (nSPS) is 14.1. The van der Waals surface area contributed by atoms with Crippen LogP contribution in [0.4, 0.5) is 0 Å². The third kappa shape index (κ3) is 5.27. The molecule has 8 heteroatoms. The number of nitrogens with one attached hydrogen (secondary N) is 2. The SMILES string of the molecule is C[C@H](CNCC(O)c1cccc(Cl)c1)NS(=O)(=O)c1ccc2cnccc2c1. The van der Waals surface area contributed by atoms with Crippen molar-refractivity contribution in [3.63, 3.8) is 0 Å². The fourth-order valence-corrected chi connectivity index (χ4v) is 4.35. The Bertz CT molecular complexity index is 1060. The monoisotopic (exact) mass is 419 g/mol. The summed E-state index contributed by atoms with van der Waals surface area (Å²) in [5.41, 5.74) is 0.707. The van der Waals surface area contributed by atoms with Gasteiger partial charge >= 0.3 is 0 Å². The molecule has 2 atom stereocenters. The number of halogens is 1. The first-order valence-electron chi connectivity index (χ1n) is 8.85. The van der Waals surface area contributed by atoms with Crippen LogP contribution in [0.15, 0.2) is 65.8 Å². The van der Waals surface area contributed by atoms with E-state index in [9.17, 15) is 13.5 Å². The van der Waals surface area contributed by atoms with Crippen LogP contribution in [0.3, 0.4) is 0 Å². The number of hydrogen-bond acceptors (Lipinski definition) is 5. The number of hydrogen-bond donors (Lipinski definition) is 3. The number of pyridine rings is 1. The summed E-state index contributed by atoms with van der Waals surface area (Å²) in [5, 5.41) is 15.5. The molecule has 6 nitrogen and oxygen atoms in total. The summed E-state index contributed by atoms with van der Waals surface area (Å²) in [7, 11) is -3.65. The highest BCUT2D eigenvalue weighted by Crippen LogP contribution is 2.19. The lowest BCUT2D eigenvalue weighted by molar-refractivity contribution is 0.174. The first-order chi connectivity index (χ1) is 13.3. The first kappa shape index (κ1) is 20.7. The van der Waals surface area contributed by atoms with Crippen molar-refractivity contribution in [3.05, 3.63) is 71.5 Å². The Morgan fingerprint density at radius 3 is 2.71 bits per heavy atom. The number of sulfonamides is 1. The molecule has 1 aromatic heterocycles. The van der Waals surface area contributed by atoms with Crippen molar-refractivity contribution in [1.29, 1.82) is 0 Å². The maximum atomic E-state index is 12.6. The third-order valence-electron chi connectivity index (χ3n) is 4.30. The maximum Gasteiger partial charge on any atom is 0.240 e. The van der Waals surface area contributed by atoms with E-state index < -0.39 is 16.1 Å². The van der Waals surface area contributed by atoms with Gasteiger partial charge in [0, 0.05) is 41.9 Å². The van der Waals surface area contributed by atoms with E-state index in [0.717, 1.165) is 10.8 Å². The molecule has 0 aliphatic heterocycles. The summed E-state index contributed by atoms with van der Waals surface area (Å²) in [4.78, 5) is 4.23. The molecule has 3 N–H and O–H groups in total. The average molecular weight is 420 g/mol. The molecule has 0 fully saturated rings. The molecule has 28 heavy (non-hydrogen) atoms. The van der Waals surface area contributed by atoms with Crippen molar-refractivity contribution in [2.45, 2.75) is 24.0 Å². The Morgan fingerprint density at radius 1 is 1.11 bits per heavy atom. The summed E-state index contributed by atoms with van der Waals surface area (Å²) in [6.45, 7) is 2.42. The van der Waals surface area contributed by atoms with Gasteiger partial charge in [-0.15, -0.1) is 0 Å². The first-order valence-corrected chi connectivity index (χ1v) is 10.7. The Balaban J connectivity index is 1.56. The van der Waals surface area contributed by atoms with E-state index in [4.69, 9.17) is 11.6 Å². The molecular weight excluding hydrogens is 398 g/mol. The second-order valence-electron chi connectivity index (χ2n) is 6.64. The van der Waals surface area contributed by atoms with Crippen LogP contribution in [0.1, 0.15) is 18.6 Å². The molecule has 3 aromatic rings. The van der Waals surface area contributed by atoms with Gasteiger partial charge in [-0.1, -0.05) is 29.8 Å². The van der Waals surface area contributed by atoms with E-state index in [2.05, 4.69) is 15.0 Å². The van der Waals surface area contributed by atoms with Gasteiger partial charge in [0.1, 0.15) is 0 Å². The number of benzene rings is 2. The van der Waals surface area contributed by atoms with E-state index in [1.165, 1.54) is 0 Å². The van der Waals surface area contributed by atoms with Crippen LogP contribution in [0.2, 0.25) is 5.02 Å². The minimum Gasteiger partial charge on any atom is -0.387 e. The second kappa shape index (κ2) is 8.98. The lowest BCUT2D eigenvalue weighted by atomic mass is 10.1. The van der Waals surface area contributed by atoms with Crippen LogP contribution >= 0.6 is 11.6 Å². The predicted molar refractivity (Wildman–Crippen MR) is 111 cm³/mol. The molecule has 3 rings (SSSR count). The van der Waals surface area contributed by atoms with Gasteiger partial charge in [-0.3, -0.25) is 4.98 Å². The number of fused-ring (bicyclic) bond motifs is 1. The van der Waals surface area contributed by atoms with Gasteiger partial charge in [-0.25, -0.2) is 13.1 Å². The number of aliphatic hydroxyl groups excluding tert-OH is 1. The highest BCUT2D eigenvalue weighted by atomic mass is 35.5. The minimum atomic E-state index is -3.65. The topological polar surface area (TPSA) is 91.3 Å². The van der Waals surface area contributed by atoms with Crippen LogP contribution < -0.4 is 10.0 Å². The number of rotatable bonds is 8. The molecule has 0 radical (unpaired) electrons. The molecule has 0 saturated carbocycles. The van der Waals surface area contributed by atoms with E-state index >= 15 is 0 Å². The Hall–Kier alpha value is -2.03. The summed E-state index contributed by atoms with van der Waals surface area (Å²) in [6.07, 6.45) is 2.59. The molecule has 0 spiro atoms. The molecule has 0 saturated heterocycles. The lowest BCUT2D eigenvalue weighted by Gasteiger charge is -2.17. The molecule has 2 aromatic carbocycles. The smallest absolute Gasteiger partial charge is 0.240 e. The van der Waals surface area contributed by atoms with Crippen molar-refractivity contribution in [1.82, 2.24) is 15.0 Å². The quantitative estimate of drug-likeness (QED) is 0.522. The highest BCUT2D eigenvalue weighted by Gasteiger charge is 2.18. The van der Waals surface area contributed by atoms with Crippen molar-refractivity contribution in [2.75, 3.05) is 13.1 Å². The van der Waals surface area contributed by atoms with Gasteiger partial charge in [-0.05, 0) is 48.2 Å². The largest absolute Gasteiger partial charge is 0.387 e. The van der Waals surface area contributed by atoms with E-state index in [-0.39, 0.29) is 17.5 Å². The number of aromatic nitrogens is 1. The zero-order chi connectivity index (χ0) is 20.1. The maximum absolute atomic E-state index is 12.6. The number of aliphatic hydroxyl groups is 1. The highest BCUT2D eigenvalue weighted by molar-refractivity contribution is 7.89. The summed E-state index contributed by atoms with van der Waals surface area (Å²) in [6, 6.07) is 13.4. The Kier molecular flexibility index (Phi) is 6.64. The summed E-state index contributed by atoms with van der Waals surface area (Å²) < 4.78 is 27.9. The predicted octanol–water partition coefficient (Wildman–Crippen LogP) is 2.88. The van der Waals surface area contributed by atoms with Crippen molar-refractivity contribution in [3.8, 4) is 0 Å². The third-order valence-corrected chi connectivity index (χ3v) is 6.12. The molecule has 0 aliphatic rings. The van der Waals surface area contributed by atoms with Crippen LogP contribution in [-0.2, 0) is 10.0 Å². The van der Waals surface area contributed by atoms with Crippen LogP contribution in [0.5, 0.6) is 0 Å². The summed E-state index contributed by atoms with van der Waals surface area (Å²) >= 11 is 5.93. The second-order valence-corrected chi connectivity index (χ2v) is 8.79. The van der Waals surface area contributed by atoms with E-state index in [1.807, 2.05) is 0 Å². The Labute approximate surface area is 169 Å². The zero-order valence-corrected chi connectivity index (χ0v) is 16.9. The minimum absolute atomic E-state index is 0.206. The van der Waals surface area contributed by atoms with Gasteiger partial charge in [-0.2, -0.15) is 0 Å². The van der Waals surface area contributed by atoms with Crippen LogP contribution in [0, 0.1) is 0 Å². The molecule has 0 bridgehead atoms. The molecule has 148 valence electrons. The molecule has 0 amide bonds. The van der Waals surface area contributed by atoms with Gasteiger partial charge in [0.05, 0.1) is 11.0 Å². The molecule has 1 unspecified atom stereocenters. The Morgan fingerprint density at radius 2 is 1.93 bits per heavy atom. The summed E-state index contributed by atoms with van der Waals surface area (Å²) in [5.74, 6) is 0. The van der Waals surface area contributed by atoms with Gasteiger partial charge < -0.3 is 10.4 Å². The van der Waals surface area contributed by atoms with Crippen LogP contribution in [0.25, 0.3) is 10.8 Å². The zero-order valence-electron chi connectivity index (χ0n) is 15.3. The standard InChI is InChI=1S/C20H22ClN3O3S/c1-14(11-23-13-20(25)16-3-2-4-18(21)9-16)24-28(26,27)19-6-5-17-12-22-8-7-15(17)10-19/h2-10,12,14,20,23-25H,11,13H2,1H3/t14-,20?/m1/s1. The van der Waals surface area contributed by atoms with Crippen LogP contribution in [-0.4, -0.2) is 37.6 Å². The fraction of sp³-hybridized carbons (Fsp3) is 0.250. The fourth-order valence-electron chi connectivity index (χ4n) is 2.87. The molecular formula is C20H22ClN3O3S. The van der Waals surface area contributed by atoms with Crippen molar-refractivity contribution >= 4 is 32.4 Å². The van der Waals surface area contributed by atoms with Crippen molar-refractivity contribution in [2.24, 2.45) is 0 Å². The van der Waals surface area contributed by atoms with Gasteiger partial charge in [0.2, 0.25) is 10.0 Å². The average Bonchev–Trinajstić information content (AvgIpc) is 2.67. The van der Waals surface area contributed by atoms with E-state index in [1.54, 1.807) is 67.8 Å². The van der Waals surface area contributed by atoms with Crippen molar-refractivity contribution < 1.29 is 13.5 Å². The van der Waals surface area contributed by atoms with Gasteiger partial charge in [0.25, 0.3) is 0 Å². The lowest BCUT2D eigenvalue weighted by Crippen LogP contribution is -2.40. The molecule has 1 heterocycles. The van der Waals surface area contributed by atoms with Gasteiger partial charge in [0.15, 0.2) is 0 Å². The van der Waals surface area contributed by atoms with E-state index in [0.29, 0.717) is 17.1 Å². The number of nitrogens with zero attached hydrogens (tertiary/aromatic N) is 1. The molecule has 0 aliphatic carbocycles.